The number of guanidine groups is 1. The molecule has 0 aliphatic carbocycles. The molecule has 1 atom stereocenters. The zero-order valence-corrected chi connectivity index (χ0v) is 13.5. The van der Waals surface area contributed by atoms with E-state index in [1.165, 1.54) is 4.90 Å². The van der Waals surface area contributed by atoms with E-state index in [1.54, 1.807) is 0 Å². The molecule has 0 radical (unpaired) electrons. The first-order valence-corrected chi connectivity index (χ1v) is 8.39. The van der Waals surface area contributed by atoms with Gasteiger partial charge in [0.1, 0.15) is 6.04 Å². The highest BCUT2D eigenvalue weighted by atomic mass is 32.2. The van der Waals surface area contributed by atoms with Crippen molar-refractivity contribution in [1.82, 2.24) is 9.21 Å². The minimum absolute atomic E-state index is 0.00101. The Hall–Kier alpha value is -2.34. The molecule has 1 aliphatic rings. The fourth-order valence-electron chi connectivity index (χ4n) is 2.43. The highest BCUT2D eigenvalue weighted by Crippen LogP contribution is 2.30. The van der Waals surface area contributed by atoms with E-state index in [-0.39, 0.29) is 19.6 Å². The van der Waals surface area contributed by atoms with E-state index in [2.05, 4.69) is 0 Å². The zero-order chi connectivity index (χ0) is 19.0. The molecule has 1 fully saturated rings. The van der Waals surface area contributed by atoms with Gasteiger partial charge >= 0.3 is 12.1 Å². The fraction of sp³-hybridized carbons (Fsp3) is 0.385. The first kappa shape index (κ1) is 19.0. The molecule has 12 heteroatoms. The van der Waals surface area contributed by atoms with Crippen molar-refractivity contribution in [2.24, 2.45) is 5.73 Å². The molecule has 1 aromatic carbocycles. The van der Waals surface area contributed by atoms with Crippen LogP contribution in [0.1, 0.15) is 5.56 Å². The SMILES string of the molecule is N=C(N)N1CCN(S(=O)(=O)c2ccc(C(F)(F)F)cc2)[C@@H](C(=O)O)C1. The van der Waals surface area contributed by atoms with Gasteiger partial charge in [-0.2, -0.15) is 17.5 Å². The third kappa shape index (κ3) is 3.85. The maximum atomic E-state index is 12.6. The summed E-state index contributed by atoms with van der Waals surface area (Å²) in [6.07, 6.45) is -4.61. The lowest BCUT2D eigenvalue weighted by Gasteiger charge is -2.38. The summed E-state index contributed by atoms with van der Waals surface area (Å²) in [6, 6.07) is 1.30. The van der Waals surface area contributed by atoms with Gasteiger partial charge in [0.25, 0.3) is 0 Å². The highest BCUT2D eigenvalue weighted by molar-refractivity contribution is 7.89. The Labute approximate surface area is 141 Å². The van der Waals surface area contributed by atoms with E-state index >= 15 is 0 Å². The predicted molar refractivity (Wildman–Crippen MR) is 80.2 cm³/mol. The van der Waals surface area contributed by atoms with Crippen molar-refractivity contribution in [2.75, 3.05) is 19.6 Å². The second-order valence-electron chi connectivity index (χ2n) is 5.32. The first-order valence-electron chi connectivity index (χ1n) is 6.95. The van der Waals surface area contributed by atoms with Crippen molar-refractivity contribution in [2.45, 2.75) is 17.1 Å². The summed E-state index contributed by atoms with van der Waals surface area (Å²) >= 11 is 0. The molecule has 1 saturated heterocycles. The Morgan fingerprint density at radius 3 is 2.24 bits per heavy atom. The summed E-state index contributed by atoms with van der Waals surface area (Å²) in [6.45, 7) is -0.594. The van der Waals surface area contributed by atoms with E-state index in [9.17, 15) is 31.5 Å². The lowest BCUT2D eigenvalue weighted by molar-refractivity contribution is -0.142. The molecule has 0 bridgehead atoms. The third-order valence-electron chi connectivity index (χ3n) is 3.75. The Bertz CT molecular complexity index is 779. The quantitative estimate of drug-likeness (QED) is 0.513. The van der Waals surface area contributed by atoms with Crippen LogP contribution in [0, 0.1) is 5.41 Å². The van der Waals surface area contributed by atoms with Crippen LogP contribution < -0.4 is 5.73 Å². The normalized spacial score (nSPS) is 19.6. The summed E-state index contributed by atoms with van der Waals surface area (Å²) in [4.78, 5) is 12.2. The van der Waals surface area contributed by atoms with Gasteiger partial charge in [0, 0.05) is 19.6 Å². The number of nitrogens with zero attached hydrogens (tertiary/aromatic N) is 2. The molecule has 0 saturated carbocycles. The molecule has 0 unspecified atom stereocenters. The van der Waals surface area contributed by atoms with E-state index in [0.717, 1.165) is 12.1 Å². The number of nitrogens with two attached hydrogens (primary N) is 1. The number of nitrogens with one attached hydrogen (secondary N) is 1. The summed E-state index contributed by atoms with van der Waals surface area (Å²) in [5.41, 5.74) is 4.28. The maximum absolute atomic E-state index is 12.6. The Morgan fingerprint density at radius 1 is 1.24 bits per heavy atom. The molecule has 1 heterocycles. The molecule has 1 aliphatic heterocycles. The van der Waals surface area contributed by atoms with Crippen LogP contribution in [0.25, 0.3) is 0 Å². The first-order chi connectivity index (χ1) is 11.4. The van der Waals surface area contributed by atoms with Gasteiger partial charge in [-0.3, -0.25) is 10.2 Å². The average Bonchev–Trinajstić information content (AvgIpc) is 2.53. The number of sulfonamides is 1. The van der Waals surface area contributed by atoms with Crippen molar-refractivity contribution < 1.29 is 31.5 Å². The number of rotatable bonds is 3. The van der Waals surface area contributed by atoms with Crippen LogP contribution in [0.4, 0.5) is 13.2 Å². The average molecular weight is 380 g/mol. The van der Waals surface area contributed by atoms with Crippen LogP contribution in [-0.2, 0) is 21.0 Å². The fourth-order valence-corrected chi connectivity index (χ4v) is 3.99. The number of carbonyl (C=O) groups is 1. The molecule has 1 aromatic rings. The van der Waals surface area contributed by atoms with Crippen LogP contribution in [0.3, 0.4) is 0 Å². The number of aliphatic carboxylic acids is 1. The van der Waals surface area contributed by atoms with Gasteiger partial charge in [-0.05, 0) is 24.3 Å². The molecule has 25 heavy (non-hydrogen) atoms. The van der Waals surface area contributed by atoms with E-state index < -0.39 is 44.6 Å². The minimum atomic E-state index is -4.61. The molecule has 4 N–H and O–H groups in total. The Kier molecular flexibility index (Phi) is 4.95. The lowest BCUT2D eigenvalue weighted by Crippen LogP contribution is -2.60. The number of benzene rings is 1. The Morgan fingerprint density at radius 2 is 1.80 bits per heavy atom. The molecule has 0 spiro atoms. The van der Waals surface area contributed by atoms with E-state index in [1.807, 2.05) is 0 Å². The largest absolute Gasteiger partial charge is 0.480 e. The summed E-state index contributed by atoms with van der Waals surface area (Å²) in [5, 5.41) is 16.6. The van der Waals surface area contributed by atoms with Gasteiger partial charge in [0.2, 0.25) is 10.0 Å². The monoisotopic (exact) mass is 380 g/mol. The Balaban J connectivity index is 2.34. The minimum Gasteiger partial charge on any atom is -0.480 e. The number of halogens is 3. The molecular weight excluding hydrogens is 365 g/mol. The number of piperazine rings is 1. The number of hydrogen-bond donors (Lipinski definition) is 3. The van der Waals surface area contributed by atoms with E-state index in [4.69, 9.17) is 11.1 Å². The molecule has 0 aromatic heterocycles. The number of alkyl halides is 3. The standard InChI is InChI=1S/C13H15F3N4O4S/c14-13(15,16)8-1-3-9(4-2-8)25(23,24)20-6-5-19(12(17)18)7-10(20)11(21)22/h1-4,10H,5-7H2,(H3,17,18)(H,21,22)/t10-/m1/s1. The highest BCUT2D eigenvalue weighted by Gasteiger charge is 2.41. The molecule has 138 valence electrons. The van der Waals surface area contributed by atoms with Crippen molar-refractivity contribution >= 4 is 22.0 Å². The second-order valence-corrected chi connectivity index (χ2v) is 7.21. The third-order valence-corrected chi connectivity index (χ3v) is 5.67. The van der Waals surface area contributed by atoms with Crippen LogP contribution in [0.15, 0.2) is 29.2 Å². The van der Waals surface area contributed by atoms with Gasteiger partial charge in [-0.25, -0.2) is 8.42 Å². The van der Waals surface area contributed by atoms with Crippen molar-refractivity contribution in [3.63, 3.8) is 0 Å². The van der Waals surface area contributed by atoms with Gasteiger partial charge in [0.05, 0.1) is 10.5 Å². The predicted octanol–water partition coefficient (Wildman–Crippen LogP) is 0.358. The van der Waals surface area contributed by atoms with Gasteiger partial charge in [0.15, 0.2) is 5.96 Å². The van der Waals surface area contributed by atoms with Crippen molar-refractivity contribution in [1.29, 1.82) is 5.41 Å². The van der Waals surface area contributed by atoms with Crippen LogP contribution >= 0.6 is 0 Å². The summed E-state index contributed by atoms with van der Waals surface area (Å²) in [5.74, 6) is -1.83. The van der Waals surface area contributed by atoms with E-state index in [0.29, 0.717) is 16.4 Å². The number of hydrogen-bond acceptors (Lipinski definition) is 4. The smallest absolute Gasteiger partial charge is 0.416 e. The topological polar surface area (TPSA) is 128 Å². The summed E-state index contributed by atoms with van der Waals surface area (Å²) in [7, 11) is -4.32. The van der Waals surface area contributed by atoms with Crippen LogP contribution in [-0.4, -0.2) is 60.3 Å². The van der Waals surface area contributed by atoms with Crippen LogP contribution in [0.5, 0.6) is 0 Å². The summed E-state index contributed by atoms with van der Waals surface area (Å²) < 4.78 is 63.7. The number of carboxylic acids is 1. The van der Waals surface area contributed by atoms with Gasteiger partial charge < -0.3 is 15.7 Å². The molecule has 2 rings (SSSR count). The van der Waals surface area contributed by atoms with Gasteiger partial charge in [-0.15, -0.1) is 0 Å². The van der Waals surface area contributed by atoms with Gasteiger partial charge in [-0.1, -0.05) is 0 Å². The lowest BCUT2D eigenvalue weighted by atomic mass is 10.2. The molecular formula is C13H15F3N4O4S. The molecule has 8 nitrogen and oxygen atoms in total. The zero-order valence-electron chi connectivity index (χ0n) is 12.7. The van der Waals surface area contributed by atoms with Crippen molar-refractivity contribution in [3.05, 3.63) is 29.8 Å². The maximum Gasteiger partial charge on any atom is 0.416 e. The van der Waals surface area contributed by atoms with Crippen LogP contribution in [0.2, 0.25) is 0 Å². The number of carboxylic acid groups (broad SMARTS) is 1. The van der Waals surface area contributed by atoms with Crippen molar-refractivity contribution in [3.8, 4) is 0 Å². The molecule has 0 amide bonds. The second kappa shape index (κ2) is 6.52.